The summed E-state index contributed by atoms with van der Waals surface area (Å²) >= 11 is 1.64. The normalized spacial score (nSPS) is 12.8. The summed E-state index contributed by atoms with van der Waals surface area (Å²) in [6, 6.07) is 4.61. The number of nitrogens with zero attached hydrogens (tertiary/aromatic N) is 1. The molecule has 1 aromatic rings. The van der Waals surface area contributed by atoms with E-state index in [0.29, 0.717) is 12.0 Å². The molecule has 0 aromatic carbocycles. The van der Waals surface area contributed by atoms with Crippen molar-refractivity contribution in [2.75, 3.05) is 0 Å². The van der Waals surface area contributed by atoms with Crippen LogP contribution >= 0.6 is 11.3 Å². The van der Waals surface area contributed by atoms with Gasteiger partial charge in [0.2, 0.25) is 0 Å². The van der Waals surface area contributed by atoms with E-state index in [-0.39, 0.29) is 0 Å². The van der Waals surface area contributed by atoms with Gasteiger partial charge in [0.15, 0.2) is 0 Å². The highest BCUT2D eigenvalue weighted by Crippen LogP contribution is 2.14. The van der Waals surface area contributed by atoms with E-state index in [9.17, 15) is 0 Å². The quantitative estimate of drug-likeness (QED) is 0.826. The molecule has 0 saturated carbocycles. The SMILES string of the molecule is CC(C)C(C)NCc1cc(C#N)cs1. The highest BCUT2D eigenvalue weighted by Gasteiger charge is 2.06. The number of rotatable bonds is 4. The second-order valence-electron chi connectivity index (χ2n) is 3.83. The second kappa shape index (κ2) is 5.14. The molecule has 0 aliphatic carbocycles. The van der Waals surface area contributed by atoms with Crippen molar-refractivity contribution in [3.05, 3.63) is 21.9 Å². The van der Waals surface area contributed by atoms with Crippen LogP contribution in [0.4, 0.5) is 0 Å². The molecule has 0 bridgehead atoms. The first kappa shape index (κ1) is 11.2. The fraction of sp³-hybridized carbons (Fsp3) is 0.545. The van der Waals surface area contributed by atoms with Crippen LogP contribution < -0.4 is 5.32 Å². The smallest absolute Gasteiger partial charge is 0.100 e. The Labute approximate surface area is 89.6 Å². The van der Waals surface area contributed by atoms with E-state index in [1.165, 1.54) is 4.88 Å². The van der Waals surface area contributed by atoms with E-state index in [0.717, 1.165) is 12.1 Å². The van der Waals surface area contributed by atoms with Gasteiger partial charge < -0.3 is 5.32 Å². The van der Waals surface area contributed by atoms with Gasteiger partial charge >= 0.3 is 0 Å². The summed E-state index contributed by atoms with van der Waals surface area (Å²) in [4.78, 5) is 1.23. The van der Waals surface area contributed by atoms with Crippen LogP contribution in [0.15, 0.2) is 11.4 Å². The molecule has 1 N–H and O–H groups in total. The Morgan fingerprint density at radius 3 is 2.71 bits per heavy atom. The maximum absolute atomic E-state index is 8.65. The minimum atomic E-state index is 0.516. The largest absolute Gasteiger partial charge is 0.309 e. The Bertz CT molecular complexity index is 322. The molecule has 0 spiro atoms. The maximum Gasteiger partial charge on any atom is 0.100 e. The van der Waals surface area contributed by atoms with Crippen LogP contribution in [0.5, 0.6) is 0 Å². The molecule has 0 aliphatic heterocycles. The summed E-state index contributed by atoms with van der Waals surface area (Å²) in [5, 5.41) is 14.0. The van der Waals surface area contributed by atoms with Gasteiger partial charge in [0.05, 0.1) is 5.56 Å². The van der Waals surface area contributed by atoms with E-state index < -0.39 is 0 Å². The summed E-state index contributed by atoms with van der Waals surface area (Å²) in [5.74, 6) is 0.644. The van der Waals surface area contributed by atoms with Gasteiger partial charge in [0.1, 0.15) is 6.07 Å². The van der Waals surface area contributed by atoms with E-state index in [1.807, 2.05) is 11.4 Å². The number of nitriles is 1. The number of thiophene rings is 1. The molecule has 1 heterocycles. The van der Waals surface area contributed by atoms with Gasteiger partial charge in [-0.2, -0.15) is 5.26 Å². The van der Waals surface area contributed by atoms with Crippen molar-refractivity contribution in [3.8, 4) is 6.07 Å². The predicted octanol–water partition coefficient (Wildman–Crippen LogP) is 2.75. The third-order valence-electron chi connectivity index (χ3n) is 2.38. The lowest BCUT2D eigenvalue weighted by atomic mass is 10.1. The van der Waals surface area contributed by atoms with E-state index in [4.69, 9.17) is 5.26 Å². The Hall–Kier alpha value is -0.850. The lowest BCUT2D eigenvalue weighted by Crippen LogP contribution is -2.29. The van der Waals surface area contributed by atoms with E-state index >= 15 is 0 Å². The van der Waals surface area contributed by atoms with Crippen LogP contribution in [-0.4, -0.2) is 6.04 Å². The summed E-state index contributed by atoms with van der Waals surface area (Å²) in [6.45, 7) is 7.45. The molecule has 0 saturated heterocycles. The van der Waals surface area contributed by atoms with Gasteiger partial charge in [-0.05, 0) is 18.9 Å². The van der Waals surface area contributed by atoms with Crippen LogP contribution in [0.25, 0.3) is 0 Å². The maximum atomic E-state index is 8.65. The number of hydrogen-bond acceptors (Lipinski definition) is 3. The van der Waals surface area contributed by atoms with Crippen molar-refractivity contribution in [1.82, 2.24) is 5.32 Å². The summed E-state index contributed by atoms with van der Waals surface area (Å²) in [7, 11) is 0. The molecule has 0 aliphatic rings. The van der Waals surface area contributed by atoms with Crippen molar-refractivity contribution >= 4 is 11.3 Å². The zero-order chi connectivity index (χ0) is 10.6. The van der Waals surface area contributed by atoms with Crippen LogP contribution in [-0.2, 0) is 6.54 Å². The number of nitrogens with one attached hydrogen (secondary N) is 1. The summed E-state index contributed by atoms with van der Waals surface area (Å²) < 4.78 is 0. The van der Waals surface area contributed by atoms with Crippen LogP contribution in [0.2, 0.25) is 0 Å². The summed E-state index contributed by atoms with van der Waals surface area (Å²) in [6.07, 6.45) is 0. The highest BCUT2D eigenvalue weighted by molar-refractivity contribution is 7.10. The van der Waals surface area contributed by atoms with Gasteiger partial charge in [-0.15, -0.1) is 11.3 Å². The van der Waals surface area contributed by atoms with Gasteiger partial charge in [0, 0.05) is 22.8 Å². The fourth-order valence-electron chi connectivity index (χ4n) is 1.03. The van der Waals surface area contributed by atoms with Crippen molar-refractivity contribution in [1.29, 1.82) is 5.26 Å². The highest BCUT2D eigenvalue weighted by atomic mass is 32.1. The van der Waals surface area contributed by atoms with Gasteiger partial charge in [-0.3, -0.25) is 0 Å². The molecule has 0 radical (unpaired) electrons. The van der Waals surface area contributed by atoms with Gasteiger partial charge in [0.25, 0.3) is 0 Å². The van der Waals surface area contributed by atoms with E-state index in [1.54, 1.807) is 11.3 Å². The van der Waals surface area contributed by atoms with Crippen LogP contribution in [0, 0.1) is 17.2 Å². The average Bonchev–Trinajstić information content (AvgIpc) is 2.61. The van der Waals surface area contributed by atoms with Gasteiger partial charge in [-0.25, -0.2) is 0 Å². The topological polar surface area (TPSA) is 35.8 Å². The molecule has 14 heavy (non-hydrogen) atoms. The molecule has 2 nitrogen and oxygen atoms in total. The third-order valence-corrected chi connectivity index (χ3v) is 3.32. The molecule has 3 heteroatoms. The van der Waals surface area contributed by atoms with Crippen molar-refractivity contribution in [2.24, 2.45) is 5.92 Å². The van der Waals surface area contributed by atoms with Crippen LogP contribution in [0.1, 0.15) is 31.2 Å². The summed E-state index contributed by atoms with van der Waals surface area (Å²) in [5.41, 5.74) is 0.768. The minimum absolute atomic E-state index is 0.516. The molecule has 0 amide bonds. The third kappa shape index (κ3) is 3.13. The Morgan fingerprint density at radius 2 is 2.21 bits per heavy atom. The number of hydrogen-bond donors (Lipinski definition) is 1. The molecule has 1 aromatic heterocycles. The molecule has 1 unspecified atom stereocenters. The Balaban J connectivity index is 2.42. The first-order valence-corrected chi connectivity index (χ1v) is 5.72. The predicted molar refractivity (Wildman–Crippen MR) is 60.2 cm³/mol. The monoisotopic (exact) mass is 208 g/mol. The zero-order valence-electron chi connectivity index (χ0n) is 8.87. The molecule has 1 atom stereocenters. The lowest BCUT2D eigenvalue weighted by molar-refractivity contribution is 0.427. The van der Waals surface area contributed by atoms with Crippen molar-refractivity contribution in [2.45, 2.75) is 33.4 Å². The van der Waals surface area contributed by atoms with E-state index in [2.05, 4.69) is 32.2 Å². The lowest BCUT2D eigenvalue weighted by Gasteiger charge is -2.16. The first-order chi connectivity index (χ1) is 6.63. The second-order valence-corrected chi connectivity index (χ2v) is 4.82. The van der Waals surface area contributed by atoms with Crippen LogP contribution in [0.3, 0.4) is 0 Å². The molecule has 76 valence electrons. The fourth-order valence-corrected chi connectivity index (χ4v) is 1.79. The molecular weight excluding hydrogens is 192 g/mol. The minimum Gasteiger partial charge on any atom is -0.309 e. The van der Waals surface area contributed by atoms with Crippen molar-refractivity contribution in [3.63, 3.8) is 0 Å². The zero-order valence-corrected chi connectivity index (χ0v) is 9.69. The molecule has 1 rings (SSSR count). The molecular formula is C11H16N2S. The average molecular weight is 208 g/mol. The Morgan fingerprint density at radius 1 is 1.50 bits per heavy atom. The van der Waals surface area contributed by atoms with Gasteiger partial charge in [-0.1, -0.05) is 13.8 Å². The Kier molecular flexibility index (Phi) is 4.12. The van der Waals surface area contributed by atoms with Crippen molar-refractivity contribution < 1.29 is 0 Å². The molecule has 0 fully saturated rings. The standard InChI is InChI=1S/C11H16N2S/c1-8(2)9(3)13-6-11-4-10(5-12)7-14-11/h4,7-9,13H,6H2,1-3H3. The first-order valence-electron chi connectivity index (χ1n) is 4.84.